The smallest absolute Gasteiger partial charge is 0.0268 e. The van der Waals surface area contributed by atoms with Crippen molar-refractivity contribution in [2.24, 2.45) is 0 Å². The van der Waals surface area contributed by atoms with Crippen LogP contribution in [0.5, 0.6) is 0 Å². The summed E-state index contributed by atoms with van der Waals surface area (Å²) in [7, 11) is 0. The fourth-order valence-electron chi connectivity index (χ4n) is 0.315. The molecule has 0 radical (unpaired) electrons. The quantitative estimate of drug-likeness (QED) is 0.695. The third-order valence-corrected chi connectivity index (χ3v) is 0.982. The average molecular weight is 178 g/mol. The maximum Gasteiger partial charge on any atom is 0.0268 e. The Kier molecular flexibility index (Phi) is 4.19. The Balaban J connectivity index is 3.05. The Morgan fingerprint density at radius 3 is 2.38 bits per heavy atom. The van der Waals surface area contributed by atoms with E-state index >= 15 is 0 Å². The zero-order chi connectivity index (χ0) is 6.57. The van der Waals surface area contributed by atoms with Gasteiger partial charge in [0.2, 0.25) is 0 Å². The van der Waals surface area contributed by atoms with Gasteiger partial charge >= 0.3 is 0 Å². The minimum absolute atomic E-state index is 0.546. The molecule has 0 aromatic heterocycles. The van der Waals surface area contributed by atoms with Crippen LogP contribution in [0.1, 0.15) is 13.8 Å². The van der Waals surface area contributed by atoms with E-state index < -0.39 is 0 Å². The molecule has 0 atom stereocenters. The first-order valence-electron chi connectivity index (χ1n) is 2.69. The molecular formula is C6H12BrN. The number of hydrogen-bond donors (Lipinski definition) is 1. The molecule has 2 heteroatoms. The summed E-state index contributed by atoms with van der Waals surface area (Å²) in [5.41, 5.74) is 0. The van der Waals surface area contributed by atoms with Crippen molar-refractivity contribution in [2.75, 3.05) is 6.54 Å². The standard InChI is InChI=1S/C6H12BrN/c1-5(2)8-4-6(3)7/h5,8H,3-4H2,1-2H3. The van der Waals surface area contributed by atoms with E-state index in [1.807, 2.05) is 0 Å². The molecule has 0 saturated heterocycles. The minimum atomic E-state index is 0.546. The zero-order valence-corrected chi connectivity index (χ0v) is 6.96. The lowest BCUT2D eigenvalue weighted by molar-refractivity contribution is 0.631. The molecule has 0 heterocycles. The van der Waals surface area contributed by atoms with Gasteiger partial charge in [-0.15, -0.1) is 0 Å². The monoisotopic (exact) mass is 177 g/mol. The van der Waals surface area contributed by atoms with Crippen LogP contribution in [0.15, 0.2) is 11.1 Å². The molecular weight excluding hydrogens is 166 g/mol. The predicted octanol–water partition coefficient (Wildman–Crippen LogP) is 1.89. The lowest BCUT2D eigenvalue weighted by Crippen LogP contribution is -2.23. The molecule has 0 saturated carbocycles. The van der Waals surface area contributed by atoms with Crippen LogP contribution in [0, 0.1) is 0 Å². The van der Waals surface area contributed by atoms with Crippen LogP contribution in [-0.4, -0.2) is 12.6 Å². The van der Waals surface area contributed by atoms with Gasteiger partial charge in [-0.2, -0.15) is 0 Å². The Morgan fingerprint density at radius 2 is 2.25 bits per heavy atom. The van der Waals surface area contributed by atoms with Crippen LogP contribution >= 0.6 is 15.9 Å². The summed E-state index contributed by atoms with van der Waals surface area (Å²) in [6.07, 6.45) is 0. The van der Waals surface area contributed by atoms with Crippen LogP contribution in [0.3, 0.4) is 0 Å². The van der Waals surface area contributed by atoms with Crippen LogP contribution in [0.4, 0.5) is 0 Å². The Hall–Kier alpha value is 0.180. The molecule has 0 spiro atoms. The minimum Gasteiger partial charge on any atom is -0.310 e. The van der Waals surface area contributed by atoms with Gasteiger partial charge in [-0.05, 0) is 0 Å². The van der Waals surface area contributed by atoms with E-state index in [9.17, 15) is 0 Å². The van der Waals surface area contributed by atoms with Crippen molar-refractivity contribution in [2.45, 2.75) is 19.9 Å². The van der Waals surface area contributed by atoms with Gasteiger partial charge in [-0.3, -0.25) is 0 Å². The molecule has 0 aliphatic rings. The molecule has 1 N–H and O–H groups in total. The van der Waals surface area contributed by atoms with Crippen LogP contribution in [0.25, 0.3) is 0 Å². The van der Waals surface area contributed by atoms with Gasteiger partial charge in [0.1, 0.15) is 0 Å². The van der Waals surface area contributed by atoms with Crippen LogP contribution in [-0.2, 0) is 0 Å². The van der Waals surface area contributed by atoms with E-state index in [-0.39, 0.29) is 0 Å². The van der Waals surface area contributed by atoms with Gasteiger partial charge in [0, 0.05) is 17.1 Å². The average Bonchev–Trinajstić information content (AvgIpc) is 1.61. The fourth-order valence-corrected chi connectivity index (χ4v) is 0.477. The maximum atomic E-state index is 3.68. The topological polar surface area (TPSA) is 12.0 Å². The van der Waals surface area contributed by atoms with Gasteiger partial charge in [-0.1, -0.05) is 36.4 Å². The van der Waals surface area contributed by atoms with Gasteiger partial charge < -0.3 is 5.32 Å². The summed E-state index contributed by atoms with van der Waals surface area (Å²) in [5, 5.41) is 3.20. The summed E-state index contributed by atoms with van der Waals surface area (Å²) >= 11 is 3.25. The number of halogens is 1. The Bertz CT molecular complexity index is 78.6. The van der Waals surface area contributed by atoms with Crippen molar-refractivity contribution in [1.82, 2.24) is 5.32 Å². The summed E-state index contributed by atoms with van der Waals surface area (Å²) in [5.74, 6) is 0. The normalized spacial score (nSPS) is 10.0. The van der Waals surface area contributed by atoms with E-state index in [0.717, 1.165) is 11.0 Å². The van der Waals surface area contributed by atoms with Crippen molar-refractivity contribution in [1.29, 1.82) is 0 Å². The van der Waals surface area contributed by atoms with E-state index in [1.165, 1.54) is 0 Å². The molecule has 0 aliphatic carbocycles. The number of nitrogens with one attached hydrogen (secondary N) is 1. The molecule has 0 bridgehead atoms. The third kappa shape index (κ3) is 6.18. The van der Waals surface area contributed by atoms with E-state index in [4.69, 9.17) is 0 Å². The summed E-state index contributed by atoms with van der Waals surface area (Å²) in [6, 6.07) is 0.546. The van der Waals surface area contributed by atoms with Gasteiger partial charge in [-0.25, -0.2) is 0 Å². The molecule has 0 aliphatic heterocycles. The lowest BCUT2D eigenvalue weighted by atomic mass is 10.4. The van der Waals surface area contributed by atoms with Crippen LogP contribution < -0.4 is 5.32 Å². The van der Waals surface area contributed by atoms with Crippen molar-refractivity contribution in [3.05, 3.63) is 11.1 Å². The van der Waals surface area contributed by atoms with Crippen molar-refractivity contribution >= 4 is 15.9 Å². The van der Waals surface area contributed by atoms with Crippen LogP contribution in [0.2, 0.25) is 0 Å². The second-order valence-electron chi connectivity index (χ2n) is 2.05. The highest BCUT2D eigenvalue weighted by Crippen LogP contribution is 1.96. The first kappa shape index (κ1) is 8.18. The summed E-state index contributed by atoms with van der Waals surface area (Å²) in [4.78, 5) is 0. The highest BCUT2D eigenvalue weighted by Gasteiger charge is 1.89. The largest absolute Gasteiger partial charge is 0.310 e. The Labute approximate surface area is 59.3 Å². The third-order valence-electron chi connectivity index (χ3n) is 0.702. The fraction of sp³-hybridized carbons (Fsp3) is 0.667. The first-order valence-corrected chi connectivity index (χ1v) is 3.49. The number of rotatable bonds is 3. The van der Waals surface area contributed by atoms with Crippen molar-refractivity contribution in [3.63, 3.8) is 0 Å². The molecule has 0 aromatic carbocycles. The number of hydrogen-bond acceptors (Lipinski definition) is 1. The molecule has 0 rings (SSSR count). The van der Waals surface area contributed by atoms with E-state index in [2.05, 4.69) is 41.7 Å². The predicted molar refractivity (Wildman–Crippen MR) is 41.2 cm³/mol. The lowest BCUT2D eigenvalue weighted by Gasteiger charge is -2.04. The SMILES string of the molecule is C=C(Br)CNC(C)C. The second kappa shape index (κ2) is 4.10. The highest BCUT2D eigenvalue weighted by molar-refractivity contribution is 9.11. The van der Waals surface area contributed by atoms with E-state index in [1.54, 1.807) is 0 Å². The van der Waals surface area contributed by atoms with Gasteiger partial charge in [0.05, 0.1) is 0 Å². The maximum absolute atomic E-state index is 3.68. The highest BCUT2D eigenvalue weighted by atomic mass is 79.9. The van der Waals surface area contributed by atoms with E-state index in [0.29, 0.717) is 6.04 Å². The molecule has 1 nitrogen and oxygen atoms in total. The van der Waals surface area contributed by atoms with Gasteiger partial charge in [0.25, 0.3) is 0 Å². The van der Waals surface area contributed by atoms with Crippen molar-refractivity contribution in [3.8, 4) is 0 Å². The molecule has 0 fully saturated rings. The molecule has 0 amide bonds. The van der Waals surface area contributed by atoms with Crippen molar-refractivity contribution < 1.29 is 0 Å². The molecule has 0 unspecified atom stereocenters. The second-order valence-corrected chi connectivity index (χ2v) is 3.17. The molecule has 0 aromatic rings. The van der Waals surface area contributed by atoms with Gasteiger partial charge in [0.15, 0.2) is 0 Å². The zero-order valence-electron chi connectivity index (χ0n) is 5.37. The summed E-state index contributed by atoms with van der Waals surface area (Å²) < 4.78 is 1.01. The summed E-state index contributed by atoms with van der Waals surface area (Å²) in [6.45, 7) is 8.75. The Morgan fingerprint density at radius 1 is 1.75 bits per heavy atom. The first-order chi connectivity index (χ1) is 3.63. The molecule has 8 heavy (non-hydrogen) atoms. The molecule has 48 valence electrons.